The Labute approximate surface area is 214 Å². The second-order valence-corrected chi connectivity index (χ2v) is 9.80. The molecule has 0 radical (unpaired) electrons. The molecule has 0 aliphatic carbocycles. The van der Waals surface area contributed by atoms with Crippen LogP contribution in [-0.2, 0) is 13.0 Å². The standard InChI is InChI=1S/C31H37N3O2/c1-22(2)26-16-15-24(4)21-29(26)36-19-9-18-34-28-13-6-5-12-27(28)33-30(34)14-8-17-32-31(35)25-11-7-10-23(3)20-25/h5-7,10-13,15-16,20-22H,8-9,14,17-19H2,1-4H3,(H,32,35). The molecule has 5 heteroatoms. The smallest absolute Gasteiger partial charge is 0.251 e. The van der Waals surface area contributed by atoms with Gasteiger partial charge in [-0.05, 0) is 74.1 Å². The second-order valence-electron chi connectivity index (χ2n) is 9.80. The maximum absolute atomic E-state index is 12.4. The zero-order valence-corrected chi connectivity index (χ0v) is 21.9. The maximum atomic E-state index is 12.4. The molecule has 0 fully saturated rings. The molecule has 5 nitrogen and oxygen atoms in total. The van der Waals surface area contributed by atoms with Gasteiger partial charge in [0.05, 0.1) is 17.6 Å². The Balaban J connectivity index is 1.35. The van der Waals surface area contributed by atoms with E-state index >= 15 is 0 Å². The number of carbonyl (C=O) groups is 1. The first-order valence-corrected chi connectivity index (χ1v) is 12.9. The first-order valence-electron chi connectivity index (χ1n) is 12.9. The molecule has 0 aliphatic heterocycles. The number of para-hydroxylation sites is 2. The van der Waals surface area contributed by atoms with E-state index in [2.05, 4.69) is 67.1 Å². The minimum Gasteiger partial charge on any atom is -0.493 e. The molecule has 1 N–H and O–H groups in total. The van der Waals surface area contributed by atoms with Crippen LogP contribution in [0.15, 0.2) is 66.7 Å². The van der Waals surface area contributed by atoms with Crippen molar-refractivity contribution < 1.29 is 9.53 Å². The highest BCUT2D eigenvalue weighted by Gasteiger charge is 2.12. The van der Waals surface area contributed by atoms with E-state index in [1.165, 1.54) is 11.1 Å². The molecule has 0 spiro atoms. The lowest BCUT2D eigenvalue weighted by Crippen LogP contribution is -2.25. The highest BCUT2D eigenvalue weighted by atomic mass is 16.5. The van der Waals surface area contributed by atoms with Gasteiger partial charge in [-0.1, -0.05) is 55.8 Å². The van der Waals surface area contributed by atoms with Gasteiger partial charge in [0, 0.05) is 25.1 Å². The van der Waals surface area contributed by atoms with E-state index < -0.39 is 0 Å². The summed E-state index contributed by atoms with van der Waals surface area (Å²) in [5.41, 5.74) is 6.42. The van der Waals surface area contributed by atoms with Crippen molar-refractivity contribution in [3.8, 4) is 5.75 Å². The predicted molar refractivity (Wildman–Crippen MR) is 147 cm³/mol. The fourth-order valence-corrected chi connectivity index (χ4v) is 4.55. The first-order chi connectivity index (χ1) is 17.4. The van der Waals surface area contributed by atoms with Gasteiger partial charge >= 0.3 is 0 Å². The number of nitrogens with one attached hydrogen (secondary N) is 1. The van der Waals surface area contributed by atoms with E-state index in [4.69, 9.17) is 9.72 Å². The summed E-state index contributed by atoms with van der Waals surface area (Å²) in [6.07, 6.45) is 2.53. The van der Waals surface area contributed by atoms with Crippen molar-refractivity contribution in [2.24, 2.45) is 0 Å². The molecule has 36 heavy (non-hydrogen) atoms. The molecule has 0 saturated heterocycles. The Kier molecular flexibility index (Phi) is 8.42. The molecule has 4 rings (SSSR count). The summed E-state index contributed by atoms with van der Waals surface area (Å²) in [7, 11) is 0. The van der Waals surface area contributed by atoms with Gasteiger partial charge < -0.3 is 14.6 Å². The van der Waals surface area contributed by atoms with Crippen molar-refractivity contribution in [2.45, 2.75) is 59.4 Å². The number of carbonyl (C=O) groups excluding carboxylic acids is 1. The number of nitrogens with zero attached hydrogens (tertiary/aromatic N) is 2. The lowest BCUT2D eigenvalue weighted by Gasteiger charge is -2.15. The van der Waals surface area contributed by atoms with Gasteiger partial charge in [0.2, 0.25) is 0 Å². The topological polar surface area (TPSA) is 56.2 Å². The number of hydrogen-bond acceptors (Lipinski definition) is 3. The van der Waals surface area contributed by atoms with Crippen LogP contribution >= 0.6 is 0 Å². The van der Waals surface area contributed by atoms with Crippen LogP contribution in [0, 0.1) is 13.8 Å². The van der Waals surface area contributed by atoms with Gasteiger partial charge in [-0.2, -0.15) is 0 Å². The summed E-state index contributed by atoms with van der Waals surface area (Å²) in [5.74, 6) is 2.45. The number of amides is 1. The Morgan fingerprint density at radius 3 is 2.58 bits per heavy atom. The zero-order chi connectivity index (χ0) is 25.5. The summed E-state index contributed by atoms with van der Waals surface area (Å²) in [6.45, 7) is 10.6. The molecule has 1 amide bonds. The zero-order valence-electron chi connectivity index (χ0n) is 21.9. The van der Waals surface area contributed by atoms with Crippen LogP contribution in [0.2, 0.25) is 0 Å². The van der Waals surface area contributed by atoms with Gasteiger partial charge in [-0.15, -0.1) is 0 Å². The first kappa shape index (κ1) is 25.5. The Morgan fingerprint density at radius 2 is 1.78 bits per heavy atom. The van der Waals surface area contributed by atoms with Crippen molar-refractivity contribution in [1.29, 1.82) is 0 Å². The monoisotopic (exact) mass is 483 g/mol. The molecule has 0 aliphatic rings. The molecule has 0 saturated carbocycles. The molecule has 188 valence electrons. The van der Waals surface area contributed by atoms with Crippen molar-refractivity contribution in [2.75, 3.05) is 13.2 Å². The van der Waals surface area contributed by atoms with Gasteiger partial charge in [0.1, 0.15) is 11.6 Å². The third-order valence-electron chi connectivity index (χ3n) is 6.45. The van der Waals surface area contributed by atoms with E-state index in [-0.39, 0.29) is 5.91 Å². The van der Waals surface area contributed by atoms with Gasteiger partial charge in [0.25, 0.3) is 5.91 Å². The largest absolute Gasteiger partial charge is 0.493 e. The van der Waals surface area contributed by atoms with Crippen molar-refractivity contribution in [3.63, 3.8) is 0 Å². The number of ether oxygens (including phenoxy) is 1. The SMILES string of the molecule is Cc1cccc(C(=O)NCCCc2nc3ccccc3n2CCCOc2cc(C)ccc2C(C)C)c1. The molecular formula is C31H37N3O2. The molecule has 3 aromatic carbocycles. The van der Waals surface area contributed by atoms with E-state index in [1.54, 1.807) is 0 Å². The lowest BCUT2D eigenvalue weighted by molar-refractivity contribution is 0.0953. The van der Waals surface area contributed by atoms with Gasteiger partial charge in [-0.3, -0.25) is 4.79 Å². The number of rotatable bonds is 11. The lowest BCUT2D eigenvalue weighted by atomic mass is 10.0. The van der Waals surface area contributed by atoms with Crippen LogP contribution in [0.1, 0.15) is 65.5 Å². The minimum atomic E-state index is -0.0266. The number of aryl methyl sites for hydroxylation is 4. The van der Waals surface area contributed by atoms with Crippen LogP contribution in [-0.4, -0.2) is 28.6 Å². The normalized spacial score (nSPS) is 11.2. The third kappa shape index (κ3) is 6.34. The number of fused-ring (bicyclic) bond motifs is 1. The average Bonchev–Trinajstić information content (AvgIpc) is 3.21. The van der Waals surface area contributed by atoms with Crippen LogP contribution in [0.4, 0.5) is 0 Å². The maximum Gasteiger partial charge on any atom is 0.251 e. The van der Waals surface area contributed by atoms with Crippen molar-refractivity contribution in [1.82, 2.24) is 14.9 Å². The van der Waals surface area contributed by atoms with Gasteiger partial charge in [-0.25, -0.2) is 4.98 Å². The summed E-state index contributed by atoms with van der Waals surface area (Å²) in [4.78, 5) is 17.3. The Hall–Kier alpha value is -3.60. The predicted octanol–water partition coefficient (Wildman–Crippen LogP) is 6.61. The highest BCUT2D eigenvalue weighted by Crippen LogP contribution is 2.27. The van der Waals surface area contributed by atoms with Crippen LogP contribution < -0.4 is 10.1 Å². The minimum absolute atomic E-state index is 0.0266. The summed E-state index contributed by atoms with van der Waals surface area (Å²) < 4.78 is 8.53. The van der Waals surface area contributed by atoms with E-state index in [0.717, 1.165) is 54.0 Å². The number of hydrogen-bond donors (Lipinski definition) is 1. The number of aromatic nitrogens is 2. The fraction of sp³-hybridized carbons (Fsp3) is 0.355. The second kappa shape index (κ2) is 11.9. The molecule has 0 bridgehead atoms. The summed E-state index contributed by atoms with van der Waals surface area (Å²) in [5, 5.41) is 3.04. The molecule has 1 aromatic heterocycles. The van der Waals surface area contributed by atoms with Crippen molar-refractivity contribution in [3.05, 3.63) is 94.8 Å². The van der Waals surface area contributed by atoms with Crippen LogP contribution in [0.5, 0.6) is 5.75 Å². The number of imidazole rings is 1. The average molecular weight is 484 g/mol. The summed E-state index contributed by atoms with van der Waals surface area (Å²) in [6, 6.07) is 22.4. The molecule has 1 heterocycles. The van der Waals surface area contributed by atoms with E-state index in [1.807, 2.05) is 37.3 Å². The molecule has 4 aromatic rings. The molecule has 0 unspecified atom stereocenters. The highest BCUT2D eigenvalue weighted by molar-refractivity contribution is 5.94. The molecule has 0 atom stereocenters. The third-order valence-corrected chi connectivity index (χ3v) is 6.45. The van der Waals surface area contributed by atoms with Crippen LogP contribution in [0.3, 0.4) is 0 Å². The summed E-state index contributed by atoms with van der Waals surface area (Å²) >= 11 is 0. The van der Waals surface area contributed by atoms with Crippen molar-refractivity contribution >= 4 is 16.9 Å². The van der Waals surface area contributed by atoms with Gasteiger partial charge in [0.15, 0.2) is 0 Å². The van der Waals surface area contributed by atoms with Crippen LogP contribution in [0.25, 0.3) is 11.0 Å². The Morgan fingerprint density at radius 1 is 0.972 bits per heavy atom. The quantitative estimate of drug-likeness (QED) is 0.244. The van der Waals surface area contributed by atoms with E-state index in [0.29, 0.717) is 24.6 Å². The Bertz CT molecular complexity index is 1320. The number of benzene rings is 3. The molecular weight excluding hydrogens is 446 g/mol. The van der Waals surface area contributed by atoms with E-state index in [9.17, 15) is 4.79 Å². The fourth-order valence-electron chi connectivity index (χ4n) is 4.55.